The van der Waals surface area contributed by atoms with E-state index >= 15 is 0 Å². The lowest BCUT2D eigenvalue weighted by molar-refractivity contribution is -0.143. The Morgan fingerprint density at radius 1 is 0.367 bits per heavy atom. The maximum atomic E-state index is 14.6. The van der Waals surface area contributed by atoms with E-state index in [4.69, 9.17) is 0 Å². The quantitative estimate of drug-likeness (QED) is 0.111. The molecular weight excluding hydrogens is 741 g/mol. The molecule has 2 aliphatic carbocycles. The van der Waals surface area contributed by atoms with E-state index < -0.39 is 23.7 Å². The maximum Gasteiger partial charge on any atom is 0.234 e. The molecule has 0 spiro atoms. The number of nitrogens with zero attached hydrogens (tertiary/aromatic N) is 2. The summed E-state index contributed by atoms with van der Waals surface area (Å²) in [7, 11) is 0. The van der Waals surface area contributed by atoms with Gasteiger partial charge in [0.1, 0.15) is 0 Å². The van der Waals surface area contributed by atoms with Gasteiger partial charge in [0.2, 0.25) is 23.6 Å². The van der Waals surface area contributed by atoms with Gasteiger partial charge in [0, 0.05) is 0 Å². The second kappa shape index (κ2) is 18.9. The smallest absolute Gasteiger partial charge is 0.234 e. The van der Waals surface area contributed by atoms with E-state index in [2.05, 4.69) is 94.5 Å². The number of fused-ring (bicyclic) bond motifs is 2. The van der Waals surface area contributed by atoms with Gasteiger partial charge in [-0.3, -0.25) is 29.0 Å². The van der Waals surface area contributed by atoms with Crippen LogP contribution in [0.15, 0.2) is 37.5 Å². The fraction of sp³-hybridized carbons (Fsp3) is 0.593. The second-order valence-corrected chi connectivity index (χ2v) is 17.9. The van der Waals surface area contributed by atoms with E-state index in [0.717, 1.165) is 64.2 Å². The van der Waals surface area contributed by atoms with E-state index in [-0.39, 0.29) is 47.3 Å². The lowest BCUT2D eigenvalue weighted by Gasteiger charge is -2.28. The minimum Gasteiger partial charge on any atom is -0.278 e. The predicted molar refractivity (Wildman–Crippen MR) is 244 cm³/mol. The van der Waals surface area contributed by atoms with Gasteiger partial charge in [0.25, 0.3) is 0 Å². The molecule has 2 saturated heterocycles. The van der Waals surface area contributed by atoms with Gasteiger partial charge in [0.15, 0.2) is 0 Å². The normalized spacial score (nSPS) is 26.3. The molecule has 0 N–H and O–H groups in total. The molecule has 2 heterocycles. The van der Waals surface area contributed by atoms with Gasteiger partial charge < -0.3 is 0 Å². The van der Waals surface area contributed by atoms with Gasteiger partial charge in [-0.05, 0) is 167 Å². The van der Waals surface area contributed by atoms with Crippen molar-refractivity contribution in [2.45, 2.75) is 159 Å². The molecule has 8 unspecified atom stereocenters. The number of allylic oxidation sites excluding steroid dienone is 4. The third-order valence-corrected chi connectivity index (χ3v) is 15.7. The summed E-state index contributed by atoms with van der Waals surface area (Å²) in [6.45, 7) is 31.1. The zero-order valence-electron chi connectivity index (χ0n) is 38.8. The number of benzene rings is 2. The Kier molecular flexibility index (Phi) is 14.3. The first-order chi connectivity index (χ1) is 28.9. The van der Waals surface area contributed by atoms with Gasteiger partial charge in [-0.25, -0.2) is 0 Å². The van der Waals surface area contributed by atoms with Gasteiger partial charge in [-0.2, -0.15) is 0 Å². The van der Waals surface area contributed by atoms with Gasteiger partial charge in [-0.15, -0.1) is 13.2 Å². The average molecular weight is 815 g/mol. The monoisotopic (exact) mass is 815 g/mol. The number of likely N-dealkylation sites (tertiary alicyclic amines) is 2. The molecule has 4 amide bonds. The second-order valence-electron chi connectivity index (χ2n) is 17.9. The van der Waals surface area contributed by atoms with E-state index in [1.54, 1.807) is 9.80 Å². The number of carbonyl (C=O) groups excluding carboxylic acids is 4. The van der Waals surface area contributed by atoms with Crippen LogP contribution in [0.4, 0.5) is 0 Å². The lowest BCUT2D eigenvalue weighted by Crippen LogP contribution is -2.34. The van der Waals surface area contributed by atoms with Crippen LogP contribution in [0.1, 0.15) is 149 Å². The highest BCUT2D eigenvalue weighted by molar-refractivity contribution is 6.07. The third-order valence-electron chi connectivity index (χ3n) is 15.7. The largest absolute Gasteiger partial charge is 0.278 e. The van der Waals surface area contributed by atoms with Crippen molar-refractivity contribution < 1.29 is 19.2 Å². The van der Waals surface area contributed by atoms with Crippen LogP contribution in [0, 0.1) is 47.3 Å². The third kappa shape index (κ3) is 7.20. The van der Waals surface area contributed by atoms with Crippen LogP contribution in [-0.4, -0.2) is 33.4 Å². The van der Waals surface area contributed by atoms with Crippen molar-refractivity contribution in [1.29, 1.82) is 0 Å². The van der Waals surface area contributed by atoms with Crippen molar-refractivity contribution >= 4 is 23.6 Å². The number of hydrogen-bond acceptors (Lipinski definition) is 4. The first kappa shape index (κ1) is 45.5. The minimum absolute atomic E-state index is 0.0761. The summed E-state index contributed by atoms with van der Waals surface area (Å²) in [5.41, 5.74) is 16.0. The Hall–Kier alpha value is -4.06. The van der Waals surface area contributed by atoms with E-state index in [0.29, 0.717) is 25.9 Å². The van der Waals surface area contributed by atoms with Crippen molar-refractivity contribution in [3.63, 3.8) is 0 Å². The van der Waals surface area contributed by atoms with Crippen LogP contribution >= 0.6 is 0 Å². The Morgan fingerprint density at radius 3 is 0.767 bits per heavy atom. The molecule has 8 atom stereocenters. The van der Waals surface area contributed by atoms with Crippen LogP contribution in [0.2, 0.25) is 0 Å². The summed E-state index contributed by atoms with van der Waals surface area (Å²) in [6, 6.07) is 0. The summed E-state index contributed by atoms with van der Waals surface area (Å²) in [6.07, 6.45) is 18.5. The minimum atomic E-state index is -0.463. The number of rotatable bonds is 18. The van der Waals surface area contributed by atoms with E-state index in [1.165, 1.54) is 66.8 Å². The van der Waals surface area contributed by atoms with Crippen LogP contribution < -0.4 is 0 Å². The van der Waals surface area contributed by atoms with Crippen molar-refractivity contribution in [2.75, 3.05) is 0 Å². The Bertz CT molecular complexity index is 1860. The first-order valence-corrected chi connectivity index (χ1v) is 23.9. The Balaban J connectivity index is 1.31. The van der Waals surface area contributed by atoms with Crippen molar-refractivity contribution in [3.05, 3.63) is 104 Å². The zero-order chi connectivity index (χ0) is 43.7. The number of amides is 4. The van der Waals surface area contributed by atoms with Gasteiger partial charge in [-0.1, -0.05) is 93.5 Å². The van der Waals surface area contributed by atoms with Crippen molar-refractivity contribution in [1.82, 2.24) is 9.80 Å². The fourth-order valence-corrected chi connectivity index (χ4v) is 13.2. The molecule has 4 fully saturated rings. The SMILES string of the molecule is C=CC1CC(/C=C\C2CC(C=C)C3C(=O)N(Cc4c(CC)c(CC)c(CC)c(CC)c4CC)C(=O)C23)C2C(=O)N(Cc3c(CC)c(CC)c(CC)c(CC)c3CC)C(=O)C12. The topological polar surface area (TPSA) is 74.8 Å². The molecule has 6 rings (SSSR count). The Labute approximate surface area is 362 Å². The fourth-order valence-electron chi connectivity index (χ4n) is 13.2. The molecule has 6 heteroatoms. The summed E-state index contributed by atoms with van der Waals surface area (Å²) < 4.78 is 0. The summed E-state index contributed by atoms with van der Waals surface area (Å²) in [5.74, 6) is -2.64. The molecular formula is C54H74N2O4. The molecule has 2 aromatic carbocycles. The molecule has 0 bridgehead atoms. The zero-order valence-corrected chi connectivity index (χ0v) is 38.8. The highest BCUT2D eigenvalue weighted by atomic mass is 16.2. The highest BCUT2D eigenvalue weighted by Crippen LogP contribution is 2.52. The number of imide groups is 2. The number of hydrogen-bond donors (Lipinski definition) is 0. The molecule has 2 aliphatic heterocycles. The van der Waals surface area contributed by atoms with Crippen LogP contribution in [0.3, 0.4) is 0 Å². The van der Waals surface area contributed by atoms with Gasteiger partial charge in [0.05, 0.1) is 36.8 Å². The predicted octanol–water partition coefficient (Wildman–Crippen LogP) is 10.4. The van der Waals surface area contributed by atoms with Crippen molar-refractivity contribution in [2.24, 2.45) is 47.3 Å². The van der Waals surface area contributed by atoms with Crippen LogP contribution in [0.5, 0.6) is 0 Å². The lowest BCUT2D eigenvalue weighted by atomic mass is 9.81. The number of carbonyl (C=O) groups is 4. The van der Waals surface area contributed by atoms with Gasteiger partial charge >= 0.3 is 0 Å². The molecule has 6 nitrogen and oxygen atoms in total. The molecule has 4 aliphatic rings. The Morgan fingerprint density at radius 2 is 0.567 bits per heavy atom. The maximum absolute atomic E-state index is 14.6. The average Bonchev–Trinajstić information content (AvgIpc) is 3.97. The highest BCUT2D eigenvalue weighted by Gasteiger charge is 2.59. The summed E-state index contributed by atoms with van der Waals surface area (Å²) in [5, 5.41) is 0. The standard InChI is InChI=1S/C54H74N2O4/c1-13-31-27-33(49-47(31)51(57)55(53(49)59)29-45-41(21-9)37(17-5)35(15-3)38(18-6)42(45)22-10)25-26-34-28-32(14-2)48-50(34)54(60)56(52(48)58)30-46-43(23-11)39(19-7)36(16-4)40(20-8)44(46)24-12/h13-14,25-26,31-34,47-50H,1-2,15-24,27-30H2,3-12H3/b26-25-. The van der Waals surface area contributed by atoms with E-state index in [9.17, 15) is 19.2 Å². The molecule has 2 aromatic rings. The van der Waals surface area contributed by atoms with E-state index in [1.807, 2.05) is 12.2 Å². The molecule has 0 aromatic heterocycles. The summed E-state index contributed by atoms with van der Waals surface area (Å²) >= 11 is 0. The molecule has 324 valence electrons. The van der Waals surface area contributed by atoms with Crippen molar-refractivity contribution in [3.8, 4) is 0 Å². The molecule has 0 radical (unpaired) electrons. The first-order valence-electron chi connectivity index (χ1n) is 23.9. The van der Waals surface area contributed by atoms with Crippen LogP contribution in [0.25, 0.3) is 0 Å². The molecule has 60 heavy (non-hydrogen) atoms. The van der Waals surface area contributed by atoms with Crippen LogP contribution in [-0.2, 0) is 96.5 Å². The summed E-state index contributed by atoms with van der Waals surface area (Å²) in [4.78, 5) is 61.3. The molecule has 2 saturated carbocycles.